The molecule has 3 aromatic rings. The Morgan fingerprint density at radius 2 is 1.15 bits per heavy atom. The molecule has 7 rings (SSSR count). The molecular formula is C57H69N7O16. The van der Waals surface area contributed by atoms with Gasteiger partial charge in [-0.25, -0.2) is 24.2 Å². The van der Waals surface area contributed by atoms with Crippen LogP contribution in [0.15, 0.2) is 97.4 Å². The molecule has 0 saturated heterocycles. The predicted octanol–water partition coefficient (Wildman–Crippen LogP) is 6.88. The molecule has 0 aromatic heterocycles. The maximum atomic E-state index is 14.2. The number of hydrogen-bond donors (Lipinski definition) is 5. The van der Waals surface area contributed by atoms with Gasteiger partial charge in [-0.2, -0.15) is 0 Å². The Hall–Kier alpha value is -8.57. The van der Waals surface area contributed by atoms with Gasteiger partial charge in [0.2, 0.25) is 11.8 Å². The van der Waals surface area contributed by atoms with Crippen LogP contribution in [0.1, 0.15) is 93.0 Å². The van der Waals surface area contributed by atoms with E-state index < -0.39 is 78.5 Å². The minimum absolute atomic E-state index is 0.0305. The van der Waals surface area contributed by atoms with E-state index >= 15 is 0 Å². The quantitative estimate of drug-likeness (QED) is 0.0389. The molecule has 5 N–H and O–H groups in total. The van der Waals surface area contributed by atoms with Gasteiger partial charge in [0.25, 0.3) is 11.8 Å². The van der Waals surface area contributed by atoms with E-state index in [0.717, 1.165) is 20.9 Å². The summed E-state index contributed by atoms with van der Waals surface area (Å²) in [4.78, 5) is 98.7. The largest absolute Gasteiger partial charge is 0.493 e. The zero-order valence-corrected chi connectivity index (χ0v) is 45.9. The van der Waals surface area contributed by atoms with Crippen LogP contribution in [-0.2, 0) is 30.4 Å². The first-order chi connectivity index (χ1) is 38.3. The van der Waals surface area contributed by atoms with Crippen molar-refractivity contribution in [2.75, 3.05) is 55.8 Å². The van der Waals surface area contributed by atoms with Gasteiger partial charge in [0, 0.05) is 30.2 Å². The van der Waals surface area contributed by atoms with Crippen molar-refractivity contribution in [1.29, 1.82) is 0 Å². The number of aliphatic hydroxyl groups is 2. The molecule has 0 bridgehead atoms. The standard InChI is InChI=1S/C57H69N7O16/c1-10-19-78-55(71)60-48(32(3)4)50(66)58-35(7)49(65)59-37-17-15-36(16-18-37)31-80-57(73)64-41-28-47(45(75-9)26-39(41)52(68)62-30-34(6)24-43(62)54(64)70)77-22-14-12-13-21-76-46-27-40-38(25-44(46)74-8)51(67)61-29-33(5)23-42(61)53(69)63(40)56(72)79-20-11-2/h10-11,15-18,25-30,32,35,42-43,48,53-54,69-70H,1-2,12-14,19-24,31H2,3-9H3,(H,58,66)(H,59,65)(H,60,71)/t35-,42+,43+,48-,53+,54+/m1/s1. The number of unbranched alkanes of at least 4 members (excludes halogenated alkanes) is 2. The fourth-order valence-electron chi connectivity index (χ4n) is 9.55. The molecule has 7 amide bonds. The van der Waals surface area contributed by atoms with E-state index in [4.69, 9.17) is 33.2 Å². The van der Waals surface area contributed by atoms with Crippen LogP contribution in [0.2, 0.25) is 0 Å². The van der Waals surface area contributed by atoms with Crippen LogP contribution in [0.4, 0.5) is 31.4 Å². The van der Waals surface area contributed by atoms with Gasteiger partial charge in [-0.15, -0.1) is 0 Å². The van der Waals surface area contributed by atoms with E-state index in [1.807, 2.05) is 13.8 Å². The Kier molecular flexibility index (Phi) is 19.5. The summed E-state index contributed by atoms with van der Waals surface area (Å²) in [6.07, 6.45) is 2.73. The van der Waals surface area contributed by atoms with Crippen LogP contribution in [0.3, 0.4) is 0 Å². The van der Waals surface area contributed by atoms with Crippen LogP contribution >= 0.6 is 0 Å². The van der Waals surface area contributed by atoms with Crippen LogP contribution in [0.5, 0.6) is 23.0 Å². The number of ether oxygens (including phenoxy) is 7. The fraction of sp³-hybridized carbons (Fsp3) is 0.421. The first-order valence-electron chi connectivity index (χ1n) is 26.1. The summed E-state index contributed by atoms with van der Waals surface area (Å²) >= 11 is 0. The van der Waals surface area contributed by atoms with Crippen molar-refractivity contribution in [3.63, 3.8) is 0 Å². The molecule has 0 fully saturated rings. The zero-order chi connectivity index (χ0) is 57.9. The highest BCUT2D eigenvalue weighted by atomic mass is 16.6. The van der Waals surface area contributed by atoms with Crippen LogP contribution in [0.25, 0.3) is 0 Å². The lowest BCUT2D eigenvalue weighted by atomic mass is 10.0. The number of alkyl carbamates (subject to hydrolysis) is 1. The van der Waals surface area contributed by atoms with Gasteiger partial charge in [0.15, 0.2) is 35.5 Å². The van der Waals surface area contributed by atoms with E-state index in [1.165, 1.54) is 67.4 Å². The molecule has 0 saturated carbocycles. The Bertz CT molecular complexity index is 2920. The van der Waals surface area contributed by atoms with Crippen molar-refractivity contribution >= 4 is 59.0 Å². The second-order valence-electron chi connectivity index (χ2n) is 19.9. The highest BCUT2D eigenvalue weighted by molar-refractivity contribution is 6.08. The van der Waals surface area contributed by atoms with Crippen molar-refractivity contribution < 1.29 is 76.9 Å². The Balaban J connectivity index is 0.982. The predicted molar refractivity (Wildman–Crippen MR) is 292 cm³/mol. The topological polar surface area (TPSA) is 274 Å². The molecule has 428 valence electrons. The minimum Gasteiger partial charge on any atom is -0.493 e. The molecule has 23 nitrogen and oxygen atoms in total. The molecule has 0 aliphatic carbocycles. The highest BCUT2D eigenvalue weighted by Crippen LogP contribution is 2.44. The van der Waals surface area contributed by atoms with E-state index in [9.17, 15) is 43.8 Å². The molecule has 4 aliphatic heterocycles. The van der Waals surface area contributed by atoms with Gasteiger partial charge in [-0.3, -0.25) is 19.2 Å². The average Bonchev–Trinajstić information content (AvgIpc) is 4.13. The van der Waals surface area contributed by atoms with Gasteiger partial charge in [0.05, 0.1) is 62.0 Å². The Morgan fingerprint density at radius 3 is 1.62 bits per heavy atom. The lowest BCUT2D eigenvalue weighted by molar-refractivity contribution is -0.128. The van der Waals surface area contributed by atoms with Crippen molar-refractivity contribution in [2.24, 2.45) is 5.92 Å². The monoisotopic (exact) mass is 1110 g/mol. The number of amides is 7. The lowest BCUT2D eigenvalue weighted by Crippen LogP contribution is -2.53. The minimum atomic E-state index is -1.54. The smallest absolute Gasteiger partial charge is 0.416 e. The number of methoxy groups -OCH3 is 2. The second kappa shape index (κ2) is 26.4. The summed E-state index contributed by atoms with van der Waals surface area (Å²) in [5, 5.41) is 31.3. The summed E-state index contributed by atoms with van der Waals surface area (Å²) in [7, 11) is 2.84. The maximum absolute atomic E-state index is 14.2. The normalized spacial score (nSPS) is 18.8. The van der Waals surface area contributed by atoms with Crippen LogP contribution in [0, 0.1) is 5.92 Å². The SMILES string of the molecule is C=CCOC(=O)N[C@@H](C(=O)N[C@H](C)C(=O)Nc1ccc(COC(=O)N2c3cc(OCCCCCOc4cc5c(cc4OC)C(=O)N4C=C(C)C[C@H]4[C@H](O)N5C(=O)OCC=C)c(OC)cc3C(=O)N3C=C(C)C[C@H]3[C@@H]2O)cc1)C(C)C. The summed E-state index contributed by atoms with van der Waals surface area (Å²) in [6, 6.07) is 8.73. The maximum Gasteiger partial charge on any atom is 0.416 e. The number of rotatable bonds is 22. The van der Waals surface area contributed by atoms with Crippen molar-refractivity contribution in [1.82, 2.24) is 20.4 Å². The second-order valence-corrected chi connectivity index (χ2v) is 19.9. The van der Waals surface area contributed by atoms with Gasteiger partial charge in [-0.05, 0) is 88.6 Å². The van der Waals surface area contributed by atoms with Crippen molar-refractivity contribution in [2.45, 2.75) is 110 Å². The number of fused-ring (bicyclic) bond motifs is 4. The average molecular weight is 1110 g/mol. The third kappa shape index (κ3) is 13.3. The van der Waals surface area contributed by atoms with E-state index in [2.05, 4.69) is 29.1 Å². The molecule has 3 aromatic carbocycles. The number of hydrogen-bond acceptors (Lipinski definition) is 16. The Morgan fingerprint density at radius 1 is 0.662 bits per heavy atom. The summed E-state index contributed by atoms with van der Waals surface area (Å²) < 4.78 is 39.7. The first kappa shape index (κ1) is 59.1. The van der Waals surface area contributed by atoms with E-state index in [0.29, 0.717) is 36.9 Å². The first-order valence-corrected chi connectivity index (χ1v) is 26.1. The van der Waals surface area contributed by atoms with Gasteiger partial charge in [0.1, 0.15) is 31.9 Å². The number of nitrogens with zero attached hydrogens (tertiary/aromatic N) is 4. The third-order valence-corrected chi connectivity index (χ3v) is 13.6. The molecule has 6 atom stereocenters. The number of carbonyl (C=O) groups is 7. The Labute approximate surface area is 463 Å². The molecule has 0 spiro atoms. The van der Waals surface area contributed by atoms with Crippen LogP contribution < -0.4 is 44.7 Å². The van der Waals surface area contributed by atoms with Crippen LogP contribution in [-0.4, -0.2) is 139 Å². The lowest BCUT2D eigenvalue weighted by Gasteiger charge is -2.31. The number of anilines is 3. The molecule has 80 heavy (non-hydrogen) atoms. The molecular weight excluding hydrogens is 1040 g/mol. The molecule has 0 unspecified atom stereocenters. The molecule has 4 aliphatic rings. The summed E-state index contributed by atoms with van der Waals surface area (Å²) in [5.74, 6) is -1.49. The van der Waals surface area contributed by atoms with Crippen molar-refractivity contribution in [3.8, 4) is 23.0 Å². The number of nitrogens with one attached hydrogen (secondary N) is 3. The fourth-order valence-corrected chi connectivity index (χ4v) is 9.55. The van der Waals surface area contributed by atoms with E-state index in [-0.39, 0.29) is 90.9 Å². The van der Waals surface area contributed by atoms with Gasteiger partial charge in [-0.1, -0.05) is 62.4 Å². The molecule has 0 radical (unpaired) electrons. The van der Waals surface area contributed by atoms with Gasteiger partial charge < -0.3 is 69.1 Å². The molecule has 23 heteroatoms. The zero-order valence-electron chi connectivity index (χ0n) is 45.9. The highest BCUT2D eigenvalue weighted by Gasteiger charge is 2.47. The number of benzene rings is 3. The number of carbonyl (C=O) groups excluding carboxylic acids is 7. The summed E-state index contributed by atoms with van der Waals surface area (Å²) in [5.41, 5.74) is 2.85. The third-order valence-electron chi connectivity index (χ3n) is 13.6. The van der Waals surface area contributed by atoms with E-state index in [1.54, 1.807) is 50.5 Å². The summed E-state index contributed by atoms with van der Waals surface area (Å²) in [6.45, 7) is 15.6. The van der Waals surface area contributed by atoms with Crippen molar-refractivity contribution in [3.05, 3.63) is 114 Å². The molecule has 4 heterocycles. The number of aliphatic hydroxyl groups excluding tert-OH is 2. The van der Waals surface area contributed by atoms with Gasteiger partial charge >= 0.3 is 18.3 Å².